The topological polar surface area (TPSA) is 67.9 Å². The van der Waals surface area contributed by atoms with Crippen LogP contribution in [-0.2, 0) is 4.74 Å². The number of nitrogens with one attached hydrogen (secondary N) is 1. The van der Waals surface area contributed by atoms with Gasteiger partial charge in [-0.25, -0.2) is 14.8 Å². The molecule has 1 N–H and O–H groups in total. The second-order valence-electron chi connectivity index (χ2n) is 2.57. The molecule has 2 aromatic heterocycles. The summed E-state index contributed by atoms with van der Waals surface area (Å²) in [6.07, 6.45) is 3.01. The monoisotopic (exact) mass is 255 g/mol. The number of carbonyl (C=O) groups is 1. The summed E-state index contributed by atoms with van der Waals surface area (Å²) in [5.41, 5.74) is 1.48. The lowest BCUT2D eigenvalue weighted by molar-refractivity contribution is 0.0601. The molecule has 6 heteroatoms. The third-order valence-electron chi connectivity index (χ3n) is 1.80. The van der Waals surface area contributed by atoms with E-state index in [2.05, 4.69) is 35.6 Å². The Bertz CT molecular complexity index is 494. The van der Waals surface area contributed by atoms with Gasteiger partial charge in [0, 0.05) is 6.20 Å². The molecule has 0 saturated heterocycles. The number of H-pyrrole nitrogens is 1. The summed E-state index contributed by atoms with van der Waals surface area (Å²) in [4.78, 5) is 22.2. The van der Waals surface area contributed by atoms with E-state index in [9.17, 15) is 4.79 Å². The summed E-state index contributed by atoms with van der Waals surface area (Å²) in [5.74, 6) is -0.423. The summed E-state index contributed by atoms with van der Waals surface area (Å²) in [6, 6.07) is 0. The van der Waals surface area contributed by atoms with E-state index in [0.29, 0.717) is 21.2 Å². The predicted octanol–water partition coefficient (Wildman–Crippen LogP) is 1.51. The normalized spacial score (nSPS) is 10.4. The van der Waals surface area contributed by atoms with Gasteiger partial charge in [-0.05, 0) is 15.9 Å². The minimum Gasteiger partial charge on any atom is -0.465 e. The molecule has 14 heavy (non-hydrogen) atoms. The van der Waals surface area contributed by atoms with E-state index < -0.39 is 5.97 Å². The molecule has 0 atom stereocenters. The highest BCUT2D eigenvalue weighted by molar-refractivity contribution is 9.10. The largest absolute Gasteiger partial charge is 0.465 e. The smallest absolute Gasteiger partial charge is 0.341 e. The molecule has 0 fully saturated rings. The van der Waals surface area contributed by atoms with Crippen LogP contribution in [0.25, 0.3) is 11.2 Å². The van der Waals surface area contributed by atoms with Gasteiger partial charge in [-0.2, -0.15) is 0 Å². The van der Waals surface area contributed by atoms with Crippen molar-refractivity contribution in [3.05, 3.63) is 22.6 Å². The molecule has 0 aliphatic rings. The Balaban J connectivity index is 2.76. The summed E-state index contributed by atoms with van der Waals surface area (Å²) in [7, 11) is 1.33. The van der Waals surface area contributed by atoms with Gasteiger partial charge in [0.15, 0.2) is 5.65 Å². The second kappa shape index (κ2) is 3.38. The van der Waals surface area contributed by atoms with Crippen LogP contribution >= 0.6 is 15.9 Å². The van der Waals surface area contributed by atoms with E-state index in [0.717, 1.165) is 0 Å². The number of carbonyl (C=O) groups excluding carboxylic acids is 1. The Kier molecular flexibility index (Phi) is 2.20. The zero-order chi connectivity index (χ0) is 10.1. The molecule has 0 amide bonds. The Morgan fingerprint density at radius 2 is 2.36 bits per heavy atom. The Labute approximate surface area is 87.6 Å². The van der Waals surface area contributed by atoms with Gasteiger partial charge in [0.05, 0.1) is 17.9 Å². The Morgan fingerprint density at radius 1 is 1.57 bits per heavy atom. The first-order valence-electron chi connectivity index (χ1n) is 3.80. The maximum Gasteiger partial charge on any atom is 0.341 e. The number of nitrogens with zero attached hydrogens (tertiary/aromatic N) is 2. The number of fused-ring (bicyclic) bond motifs is 1. The van der Waals surface area contributed by atoms with Gasteiger partial charge in [0.2, 0.25) is 0 Å². The number of hydrogen-bond donors (Lipinski definition) is 1. The fourth-order valence-corrected chi connectivity index (χ4v) is 1.63. The van der Waals surface area contributed by atoms with Crippen molar-refractivity contribution < 1.29 is 9.53 Å². The van der Waals surface area contributed by atoms with Gasteiger partial charge in [0.1, 0.15) is 11.1 Å². The van der Waals surface area contributed by atoms with Crippen LogP contribution in [0, 0.1) is 0 Å². The molecular weight excluding hydrogens is 250 g/mol. The SMILES string of the molecule is COC(=O)c1c(Br)cnc2nc[nH]c12. The number of esters is 1. The van der Waals surface area contributed by atoms with Gasteiger partial charge < -0.3 is 9.72 Å². The predicted molar refractivity (Wildman–Crippen MR) is 52.9 cm³/mol. The van der Waals surface area contributed by atoms with E-state index >= 15 is 0 Å². The lowest BCUT2D eigenvalue weighted by atomic mass is 10.2. The molecule has 0 unspecified atom stereocenters. The van der Waals surface area contributed by atoms with Gasteiger partial charge in [-0.3, -0.25) is 0 Å². The molecule has 2 rings (SSSR count). The third-order valence-corrected chi connectivity index (χ3v) is 2.40. The molecule has 0 bridgehead atoms. The molecule has 72 valence electrons. The van der Waals surface area contributed by atoms with Crippen molar-refractivity contribution in [1.82, 2.24) is 15.0 Å². The highest BCUT2D eigenvalue weighted by Gasteiger charge is 2.16. The molecule has 0 aromatic carbocycles. The van der Waals surface area contributed by atoms with Crippen molar-refractivity contribution in [3.8, 4) is 0 Å². The highest BCUT2D eigenvalue weighted by atomic mass is 79.9. The van der Waals surface area contributed by atoms with Gasteiger partial charge >= 0.3 is 5.97 Å². The molecule has 2 heterocycles. The average molecular weight is 256 g/mol. The molecule has 0 spiro atoms. The standard InChI is InChI=1S/C8H6BrN3O2/c1-14-8(13)5-4(9)2-10-7-6(5)11-3-12-7/h2-3H,1H3,(H,10,11,12). The molecule has 5 nitrogen and oxygen atoms in total. The molecule has 2 aromatic rings. The molecule has 0 aliphatic carbocycles. The summed E-state index contributed by atoms with van der Waals surface area (Å²) in [6.45, 7) is 0. The van der Waals surface area contributed by atoms with E-state index in [-0.39, 0.29) is 0 Å². The van der Waals surface area contributed by atoms with Crippen molar-refractivity contribution in [3.63, 3.8) is 0 Å². The van der Waals surface area contributed by atoms with Gasteiger partial charge in [0.25, 0.3) is 0 Å². The lowest BCUT2D eigenvalue weighted by Crippen LogP contribution is -2.04. The number of methoxy groups -OCH3 is 1. The van der Waals surface area contributed by atoms with Crippen molar-refractivity contribution in [2.45, 2.75) is 0 Å². The number of ether oxygens (including phenoxy) is 1. The van der Waals surface area contributed by atoms with Crippen LogP contribution in [-0.4, -0.2) is 28.0 Å². The van der Waals surface area contributed by atoms with E-state index in [4.69, 9.17) is 0 Å². The van der Waals surface area contributed by atoms with Crippen LogP contribution in [0.2, 0.25) is 0 Å². The molecule has 0 aliphatic heterocycles. The van der Waals surface area contributed by atoms with E-state index in [1.54, 1.807) is 0 Å². The number of halogens is 1. The van der Waals surface area contributed by atoms with Crippen LogP contribution in [0.4, 0.5) is 0 Å². The third kappa shape index (κ3) is 1.27. The first-order valence-corrected chi connectivity index (χ1v) is 4.59. The number of aromatic nitrogens is 3. The van der Waals surface area contributed by atoms with Gasteiger partial charge in [-0.15, -0.1) is 0 Å². The zero-order valence-electron chi connectivity index (χ0n) is 7.24. The lowest BCUT2D eigenvalue weighted by Gasteiger charge is -2.02. The highest BCUT2D eigenvalue weighted by Crippen LogP contribution is 2.22. The van der Waals surface area contributed by atoms with Crippen LogP contribution in [0.1, 0.15) is 10.4 Å². The molecule has 0 saturated carbocycles. The maximum atomic E-state index is 11.4. The van der Waals surface area contributed by atoms with Crippen LogP contribution in [0.15, 0.2) is 17.0 Å². The van der Waals surface area contributed by atoms with Crippen molar-refractivity contribution in [2.24, 2.45) is 0 Å². The number of pyridine rings is 1. The van der Waals surface area contributed by atoms with E-state index in [1.165, 1.54) is 19.6 Å². The Morgan fingerprint density at radius 3 is 3.07 bits per heavy atom. The van der Waals surface area contributed by atoms with Crippen molar-refractivity contribution in [2.75, 3.05) is 7.11 Å². The summed E-state index contributed by atoms with van der Waals surface area (Å²) in [5, 5.41) is 0. The van der Waals surface area contributed by atoms with Gasteiger partial charge in [-0.1, -0.05) is 0 Å². The quantitative estimate of drug-likeness (QED) is 0.785. The summed E-state index contributed by atoms with van der Waals surface area (Å²) >= 11 is 3.23. The Hall–Kier alpha value is -1.43. The maximum absolute atomic E-state index is 11.4. The fraction of sp³-hybridized carbons (Fsp3) is 0.125. The molecular formula is C8H6BrN3O2. The van der Waals surface area contributed by atoms with Crippen molar-refractivity contribution in [1.29, 1.82) is 0 Å². The van der Waals surface area contributed by atoms with Crippen LogP contribution in [0.3, 0.4) is 0 Å². The van der Waals surface area contributed by atoms with Crippen molar-refractivity contribution >= 4 is 33.1 Å². The van der Waals surface area contributed by atoms with Crippen LogP contribution in [0.5, 0.6) is 0 Å². The number of imidazole rings is 1. The number of hydrogen-bond acceptors (Lipinski definition) is 4. The second-order valence-corrected chi connectivity index (χ2v) is 3.43. The number of rotatable bonds is 1. The minimum absolute atomic E-state index is 0.412. The number of aromatic amines is 1. The minimum atomic E-state index is -0.423. The fourth-order valence-electron chi connectivity index (χ4n) is 1.17. The van der Waals surface area contributed by atoms with E-state index in [1.807, 2.05) is 0 Å². The molecule has 0 radical (unpaired) electrons. The first-order chi connectivity index (χ1) is 6.74. The summed E-state index contributed by atoms with van der Waals surface area (Å²) < 4.78 is 5.23. The first kappa shape index (κ1) is 9.14. The average Bonchev–Trinajstić information content (AvgIpc) is 2.64. The van der Waals surface area contributed by atoms with Crippen LogP contribution < -0.4 is 0 Å². The zero-order valence-corrected chi connectivity index (χ0v) is 8.83.